The van der Waals surface area contributed by atoms with Crippen LogP contribution in [-0.2, 0) is 7.05 Å². The Labute approximate surface area is 93.9 Å². The smallest absolute Gasteiger partial charge is 0.339 e. The number of nitrogens with zero attached hydrogens (tertiary/aromatic N) is 2. The Hall–Kier alpha value is -1.84. The molecule has 0 radical (unpaired) electrons. The van der Waals surface area contributed by atoms with Crippen LogP contribution in [0.4, 0.5) is 0 Å². The Balaban J connectivity index is 2.50. The summed E-state index contributed by atoms with van der Waals surface area (Å²) in [6, 6.07) is 0. The molecule has 0 aromatic carbocycles. The number of carboxylic acid groups (broad SMARTS) is 1. The van der Waals surface area contributed by atoms with E-state index in [1.807, 2.05) is 24.3 Å². The van der Waals surface area contributed by atoms with Crippen molar-refractivity contribution in [1.29, 1.82) is 0 Å². The quantitative estimate of drug-likeness (QED) is 0.826. The van der Waals surface area contributed by atoms with Crippen molar-refractivity contribution in [3.8, 4) is 0 Å². The highest BCUT2D eigenvalue weighted by Crippen LogP contribution is 2.28. The van der Waals surface area contributed by atoms with Gasteiger partial charge in [0.25, 0.3) is 0 Å². The fraction of sp³-hybridized carbons (Fsp3) is 0.333. The lowest BCUT2D eigenvalue weighted by Crippen LogP contribution is -2.10. The normalized spacial score (nSPS) is 19.0. The van der Waals surface area contributed by atoms with Gasteiger partial charge in [0.05, 0.1) is 11.4 Å². The molecule has 0 amide bonds. The van der Waals surface area contributed by atoms with Gasteiger partial charge in [0.2, 0.25) is 0 Å². The van der Waals surface area contributed by atoms with Crippen molar-refractivity contribution in [1.82, 2.24) is 9.78 Å². The minimum Gasteiger partial charge on any atom is -0.478 e. The Bertz CT molecular complexity index is 483. The highest BCUT2D eigenvalue weighted by Gasteiger charge is 2.24. The first-order valence-corrected chi connectivity index (χ1v) is 5.21. The molecule has 84 valence electrons. The summed E-state index contributed by atoms with van der Waals surface area (Å²) in [7, 11) is 1.79. The van der Waals surface area contributed by atoms with Crippen molar-refractivity contribution in [2.24, 2.45) is 7.05 Å². The molecule has 0 saturated carbocycles. The summed E-state index contributed by atoms with van der Waals surface area (Å²) in [5, 5.41) is 13.4. The minimum absolute atomic E-state index is 0.113. The molecule has 0 saturated heterocycles. The van der Waals surface area contributed by atoms with Crippen LogP contribution in [-0.4, -0.2) is 20.9 Å². The van der Waals surface area contributed by atoms with E-state index in [4.69, 9.17) is 0 Å². The van der Waals surface area contributed by atoms with E-state index in [1.54, 1.807) is 18.7 Å². The molecule has 4 heteroatoms. The first kappa shape index (κ1) is 10.7. The summed E-state index contributed by atoms with van der Waals surface area (Å²) in [5.74, 6) is -0.786. The Morgan fingerprint density at radius 3 is 2.88 bits per heavy atom. The Kier molecular flexibility index (Phi) is 2.64. The number of allylic oxidation sites excluding steroid dienone is 4. The maximum Gasteiger partial charge on any atom is 0.339 e. The highest BCUT2D eigenvalue weighted by atomic mass is 16.4. The maximum absolute atomic E-state index is 11.2. The molecule has 1 aromatic rings. The van der Waals surface area contributed by atoms with E-state index >= 15 is 0 Å². The van der Waals surface area contributed by atoms with E-state index in [1.165, 1.54) is 0 Å². The standard InChI is InChI=1S/C12H14N2O2/c1-8-10(12(15)16)11(14(2)13-8)9-6-4-3-5-7-9/h3-6,9H,7H2,1-2H3,(H,15,16). The monoisotopic (exact) mass is 218 g/mol. The van der Waals surface area contributed by atoms with Crippen molar-refractivity contribution in [3.05, 3.63) is 41.3 Å². The van der Waals surface area contributed by atoms with Crippen LogP contribution in [0.5, 0.6) is 0 Å². The summed E-state index contributed by atoms with van der Waals surface area (Å²) in [5.41, 5.74) is 1.70. The number of rotatable bonds is 2. The van der Waals surface area contributed by atoms with Crippen LogP contribution in [0.2, 0.25) is 0 Å². The van der Waals surface area contributed by atoms with E-state index in [9.17, 15) is 9.90 Å². The summed E-state index contributed by atoms with van der Waals surface area (Å²) in [6.07, 6.45) is 8.81. The van der Waals surface area contributed by atoms with Gasteiger partial charge in [-0.2, -0.15) is 5.10 Å². The molecule has 1 aliphatic carbocycles. The van der Waals surface area contributed by atoms with Gasteiger partial charge < -0.3 is 5.11 Å². The molecule has 1 heterocycles. The van der Waals surface area contributed by atoms with Crippen LogP contribution in [0.3, 0.4) is 0 Å². The topological polar surface area (TPSA) is 55.1 Å². The molecule has 0 aliphatic heterocycles. The number of aromatic carboxylic acids is 1. The fourth-order valence-electron chi connectivity index (χ4n) is 2.15. The number of aromatic nitrogens is 2. The number of carbonyl (C=O) groups is 1. The molecule has 2 rings (SSSR count). The zero-order chi connectivity index (χ0) is 11.7. The molecule has 16 heavy (non-hydrogen) atoms. The van der Waals surface area contributed by atoms with E-state index < -0.39 is 5.97 Å². The first-order valence-electron chi connectivity index (χ1n) is 5.21. The number of hydrogen-bond donors (Lipinski definition) is 1. The van der Waals surface area contributed by atoms with E-state index in [0.29, 0.717) is 11.3 Å². The van der Waals surface area contributed by atoms with Crippen LogP contribution in [0.1, 0.15) is 34.1 Å². The predicted octanol–water partition coefficient (Wildman–Crippen LogP) is 2.03. The Morgan fingerprint density at radius 1 is 1.56 bits per heavy atom. The third-order valence-corrected chi connectivity index (χ3v) is 2.81. The second-order valence-corrected chi connectivity index (χ2v) is 3.93. The largest absolute Gasteiger partial charge is 0.478 e. The minimum atomic E-state index is -0.899. The van der Waals surface area contributed by atoms with E-state index in [-0.39, 0.29) is 5.92 Å². The highest BCUT2D eigenvalue weighted by molar-refractivity contribution is 5.90. The van der Waals surface area contributed by atoms with E-state index in [2.05, 4.69) is 5.10 Å². The van der Waals surface area contributed by atoms with Gasteiger partial charge in [0, 0.05) is 13.0 Å². The predicted molar refractivity (Wildman–Crippen MR) is 60.5 cm³/mol. The molecule has 0 fully saturated rings. The van der Waals surface area contributed by atoms with Crippen molar-refractivity contribution in [3.63, 3.8) is 0 Å². The van der Waals surface area contributed by atoms with Gasteiger partial charge in [-0.1, -0.05) is 24.3 Å². The SMILES string of the molecule is Cc1nn(C)c(C2C=CC=CC2)c1C(=O)O. The second-order valence-electron chi connectivity index (χ2n) is 3.93. The lowest BCUT2D eigenvalue weighted by Gasteiger charge is -2.14. The second kappa shape index (κ2) is 3.96. The van der Waals surface area contributed by atoms with E-state index in [0.717, 1.165) is 12.1 Å². The van der Waals surface area contributed by atoms with Gasteiger partial charge in [-0.25, -0.2) is 4.79 Å². The van der Waals surface area contributed by atoms with Gasteiger partial charge >= 0.3 is 5.97 Å². The third-order valence-electron chi connectivity index (χ3n) is 2.81. The summed E-state index contributed by atoms with van der Waals surface area (Å²) >= 11 is 0. The maximum atomic E-state index is 11.2. The van der Waals surface area contributed by atoms with Crippen LogP contribution in [0.15, 0.2) is 24.3 Å². The fourth-order valence-corrected chi connectivity index (χ4v) is 2.15. The molecular formula is C12H14N2O2. The number of aryl methyl sites for hydroxylation is 2. The molecule has 0 spiro atoms. The van der Waals surface area contributed by atoms with Crippen LogP contribution in [0.25, 0.3) is 0 Å². The summed E-state index contributed by atoms with van der Waals surface area (Å²) in [6.45, 7) is 1.73. The molecule has 1 aliphatic rings. The zero-order valence-corrected chi connectivity index (χ0v) is 9.34. The van der Waals surface area contributed by atoms with Crippen LogP contribution in [0, 0.1) is 6.92 Å². The average molecular weight is 218 g/mol. The zero-order valence-electron chi connectivity index (χ0n) is 9.34. The molecule has 1 unspecified atom stereocenters. The van der Waals surface area contributed by atoms with Gasteiger partial charge in [0.1, 0.15) is 5.56 Å². The van der Waals surface area contributed by atoms with Gasteiger partial charge in [-0.3, -0.25) is 4.68 Å². The van der Waals surface area contributed by atoms with Crippen LogP contribution >= 0.6 is 0 Å². The molecule has 1 atom stereocenters. The molecule has 4 nitrogen and oxygen atoms in total. The van der Waals surface area contributed by atoms with Gasteiger partial charge in [0.15, 0.2) is 0 Å². The average Bonchev–Trinajstić information content (AvgIpc) is 2.55. The number of carboxylic acids is 1. The molecule has 1 aromatic heterocycles. The first-order chi connectivity index (χ1) is 7.61. The molecule has 0 bridgehead atoms. The Morgan fingerprint density at radius 2 is 2.31 bits per heavy atom. The summed E-state index contributed by atoms with van der Waals surface area (Å²) < 4.78 is 1.67. The molecular weight excluding hydrogens is 204 g/mol. The third kappa shape index (κ3) is 1.66. The number of hydrogen-bond acceptors (Lipinski definition) is 2. The van der Waals surface area contributed by atoms with Crippen molar-refractivity contribution >= 4 is 5.97 Å². The lowest BCUT2D eigenvalue weighted by atomic mass is 9.93. The van der Waals surface area contributed by atoms with Crippen molar-refractivity contribution in [2.45, 2.75) is 19.3 Å². The lowest BCUT2D eigenvalue weighted by molar-refractivity contribution is 0.0694. The van der Waals surface area contributed by atoms with Gasteiger partial charge in [-0.15, -0.1) is 0 Å². The van der Waals surface area contributed by atoms with Gasteiger partial charge in [-0.05, 0) is 13.3 Å². The molecule has 1 N–H and O–H groups in total. The van der Waals surface area contributed by atoms with Crippen molar-refractivity contribution < 1.29 is 9.90 Å². The van der Waals surface area contributed by atoms with Crippen LogP contribution < -0.4 is 0 Å². The van der Waals surface area contributed by atoms with Crippen molar-refractivity contribution in [2.75, 3.05) is 0 Å². The summed E-state index contributed by atoms with van der Waals surface area (Å²) in [4.78, 5) is 11.2.